The number of aryl methyl sites for hydroxylation is 1. The average molecular weight is 333 g/mol. The Morgan fingerprint density at radius 1 is 1.28 bits per heavy atom. The molecule has 8 heteroatoms. The van der Waals surface area contributed by atoms with Crippen LogP contribution in [0.25, 0.3) is 22.2 Å². The molecule has 0 saturated heterocycles. The fourth-order valence-corrected chi connectivity index (χ4v) is 2.77. The second-order valence-corrected chi connectivity index (χ2v) is 5.58. The first kappa shape index (κ1) is 14.9. The monoisotopic (exact) mass is 333 g/mol. The summed E-state index contributed by atoms with van der Waals surface area (Å²) in [7, 11) is 1.84. The molecule has 3 heterocycles. The Hall–Kier alpha value is -3.68. The quantitative estimate of drug-likeness (QED) is 0.529. The first-order valence-electron chi connectivity index (χ1n) is 7.61. The Kier molecular flexibility index (Phi) is 3.42. The van der Waals surface area contributed by atoms with E-state index in [-0.39, 0.29) is 0 Å². The van der Waals surface area contributed by atoms with E-state index in [1.807, 2.05) is 31.4 Å². The molecule has 4 rings (SSSR count). The molecular weight excluding hydrogens is 318 g/mol. The zero-order valence-corrected chi connectivity index (χ0v) is 13.4. The van der Waals surface area contributed by atoms with Crippen LogP contribution in [0.3, 0.4) is 0 Å². The van der Waals surface area contributed by atoms with Gasteiger partial charge < -0.3 is 16.0 Å². The van der Waals surface area contributed by atoms with Gasteiger partial charge in [-0.2, -0.15) is 5.10 Å². The van der Waals surface area contributed by atoms with Crippen molar-refractivity contribution in [3.8, 4) is 11.3 Å². The van der Waals surface area contributed by atoms with E-state index in [1.165, 1.54) is 0 Å². The first-order chi connectivity index (χ1) is 12.1. The van der Waals surface area contributed by atoms with Crippen molar-refractivity contribution in [1.82, 2.24) is 24.7 Å². The number of anilines is 2. The number of nitrogens with two attached hydrogens (primary N) is 1. The number of H-pyrrole nitrogens is 1. The minimum atomic E-state index is -0.460. The van der Waals surface area contributed by atoms with Crippen LogP contribution in [0.5, 0.6) is 0 Å². The van der Waals surface area contributed by atoms with Crippen molar-refractivity contribution in [3.05, 3.63) is 54.6 Å². The summed E-state index contributed by atoms with van der Waals surface area (Å²) in [6.07, 6.45) is 6.98. The highest BCUT2D eigenvalue weighted by atomic mass is 16.1. The minimum Gasteiger partial charge on any atom is -0.366 e. The lowest BCUT2D eigenvalue weighted by Gasteiger charge is -2.08. The van der Waals surface area contributed by atoms with Crippen molar-refractivity contribution in [2.75, 3.05) is 5.32 Å². The minimum absolute atomic E-state index is 0.460. The van der Waals surface area contributed by atoms with Gasteiger partial charge in [-0.25, -0.2) is 9.97 Å². The maximum Gasteiger partial charge on any atom is 0.249 e. The summed E-state index contributed by atoms with van der Waals surface area (Å²) in [5.74, 6) is 0.00181. The standard InChI is InChI=1S/C17H15N7O/c1-24-9-10(8-21-24)22-17-20-7-5-14(23-17)13-3-2-12(16(18)25)11-4-6-19-15(11)13/h2-9,19H,1H3,(H2,18,25)(H,20,22,23). The number of aromatic nitrogens is 5. The van der Waals surface area contributed by atoms with Gasteiger partial charge in [0.15, 0.2) is 0 Å². The van der Waals surface area contributed by atoms with Crippen LogP contribution in [-0.2, 0) is 7.05 Å². The van der Waals surface area contributed by atoms with Gasteiger partial charge in [-0.1, -0.05) is 0 Å². The molecule has 8 nitrogen and oxygen atoms in total. The van der Waals surface area contributed by atoms with Gasteiger partial charge >= 0.3 is 0 Å². The van der Waals surface area contributed by atoms with E-state index in [1.54, 1.807) is 29.3 Å². The van der Waals surface area contributed by atoms with Crippen molar-refractivity contribution in [3.63, 3.8) is 0 Å². The Morgan fingerprint density at radius 2 is 2.16 bits per heavy atom. The van der Waals surface area contributed by atoms with E-state index in [0.717, 1.165) is 27.8 Å². The van der Waals surface area contributed by atoms with Crippen molar-refractivity contribution in [2.24, 2.45) is 12.8 Å². The molecule has 0 atom stereocenters. The highest BCUT2D eigenvalue weighted by molar-refractivity contribution is 6.09. The van der Waals surface area contributed by atoms with Crippen LogP contribution in [0.15, 0.2) is 49.1 Å². The second-order valence-electron chi connectivity index (χ2n) is 5.58. The molecule has 0 radical (unpaired) electrons. The number of aromatic amines is 1. The molecule has 0 aliphatic heterocycles. The van der Waals surface area contributed by atoms with E-state index >= 15 is 0 Å². The number of fused-ring (bicyclic) bond motifs is 1. The van der Waals surface area contributed by atoms with Crippen molar-refractivity contribution >= 4 is 28.4 Å². The van der Waals surface area contributed by atoms with Gasteiger partial charge in [-0.3, -0.25) is 9.48 Å². The first-order valence-corrected chi connectivity index (χ1v) is 7.61. The third-order valence-electron chi connectivity index (χ3n) is 3.88. The highest BCUT2D eigenvalue weighted by Gasteiger charge is 2.13. The van der Waals surface area contributed by atoms with Crippen LogP contribution >= 0.6 is 0 Å². The van der Waals surface area contributed by atoms with Crippen LogP contribution in [-0.4, -0.2) is 30.6 Å². The fraction of sp³-hybridized carbons (Fsp3) is 0.0588. The zero-order chi connectivity index (χ0) is 17.4. The number of rotatable bonds is 4. The molecule has 0 bridgehead atoms. The molecule has 124 valence electrons. The summed E-state index contributed by atoms with van der Waals surface area (Å²) >= 11 is 0. The lowest BCUT2D eigenvalue weighted by molar-refractivity contribution is 0.100. The molecule has 3 aromatic heterocycles. The van der Waals surface area contributed by atoms with E-state index in [0.29, 0.717) is 11.5 Å². The third kappa shape index (κ3) is 2.69. The lowest BCUT2D eigenvalue weighted by atomic mass is 10.0. The molecular formula is C17H15N7O. The van der Waals surface area contributed by atoms with Gasteiger partial charge in [0.05, 0.1) is 23.1 Å². The number of hydrogen-bond donors (Lipinski definition) is 3. The molecule has 4 aromatic rings. The van der Waals surface area contributed by atoms with Gasteiger partial charge in [-0.05, 0) is 24.3 Å². The normalized spacial score (nSPS) is 10.9. The zero-order valence-electron chi connectivity index (χ0n) is 13.4. The van der Waals surface area contributed by atoms with E-state index < -0.39 is 5.91 Å². The summed E-state index contributed by atoms with van der Waals surface area (Å²) < 4.78 is 1.69. The Morgan fingerprint density at radius 3 is 2.92 bits per heavy atom. The Balaban J connectivity index is 1.76. The van der Waals surface area contributed by atoms with E-state index in [9.17, 15) is 4.79 Å². The SMILES string of the molecule is Cn1cc(Nc2nccc(-c3ccc(C(N)=O)c4cc[nH]c34)n2)cn1. The summed E-state index contributed by atoms with van der Waals surface area (Å²) in [6.45, 7) is 0. The van der Waals surface area contributed by atoms with Gasteiger partial charge in [0, 0.05) is 42.2 Å². The molecule has 1 aromatic carbocycles. The third-order valence-corrected chi connectivity index (χ3v) is 3.88. The van der Waals surface area contributed by atoms with Crippen molar-refractivity contribution < 1.29 is 4.79 Å². The lowest BCUT2D eigenvalue weighted by Crippen LogP contribution is -2.11. The maximum atomic E-state index is 11.6. The van der Waals surface area contributed by atoms with Crippen LogP contribution in [0.4, 0.5) is 11.6 Å². The average Bonchev–Trinajstić information content (AvgIpc) is 3.23. The molecule has 0 unspecified atom stereocenters. The van der Waals surface area contributed by atoms with Gasteiger partial charge in [0.25, 0.3) is 0 Å². The van der Waals surface area contributed by atoms with Gasteiger partial charge in [0.2, 0.25) is 11.9 Å². The number of benzene rings is 1. The summed E-state index contributed by atoms with van der Waals surface area (Å²) in [5.41, 5.74) is 9.12. The maximum absolute atomic E-state index is 11.6. The van der Waals surface area contributed by atoms with Crippen LogP contribution < -0.4 is 11.1 Å². The number of carbonyl (C=O) groups excluding carboxylic acids is 1. The molecule has 0 fully saturated rings. The number of primary amides is 1. The molecule has 0 aliphatic carbocycles. The van der Waals surface area contributed by atoms with Crippen molar-refractivity contribution in [1.29, 1.82) is 0 Å². The van der Waals surface area contributed by atoms with E-state index in [4.69, 9.17) is 5.73 Å². The van der Waals surface area contributed by atoms with Gasteiger partial charge in [0.1, 0.15) is 0 Å². The summed E-state index contributed by atoms with van der Waals surface area (Å²) in [5, 5.41) is 7.99. The Bertz CT molecular complexity index is 1080. The topological polar surface area (TPSA) is 115 Å². The largest absolute Gasteiger partial charge is 0.366 e. The number of nitrogens with zero attached hydrogens (tertiary/aromatic N) is 4. The molecule has 1 amide bonds. The molecule has 4 N–H and O–H groups in total. The Labute approximate surface area is 142 Å². The van der Waals surface area contributed by atoms with Crippen LogP contribution in [0.1, 0.15) is 10.4 Å². The summed E-state index contributed by atoms with van der Waals surface area (Å²) in [6, 6.07) is 7.18. The van der Waals surface area contributed by atoms with Crippen molar-refractivity contribution in [2.45, 2.75) is 0 Å². The predicted molar refractivity (Wildman–Crippen MR) is 94.3 cm³/mol. The predicted octanol–water partition coefficient (Wildman–Crippen LogP) is 2.20. The molecule has 0 saturated carbocycles. The number of nitrogens with one attached hydrogen (secondary N) is 2. The van der Waals surface area contributed by atoms with Crippen LogP contribution in [0, 0.1) is 0 Å². The fourth-order valence-electron chi connectivity index (χ4n) is 2.77. The number of hydrogen-bond acceptors (Lipinski definition) is 5. The van der Waals surface area contributed by atoms with Gasteiger partial charge in [-0.15, -0.1) is 0 Å². The highest BCUT2D eigenvalue weighted by Crippen LogP contribution is 2.29. The smallest absolute Gasteiger partial charge is 0.249 e. The number of carbonyl (C=O) groups is 1. The summed E-state index contributed by atoms with van der Waals surface area (Å²) in [4.78, 5) is 23.5. The molecule has 25 heavy (non-hydrogen) atoms. The molecule has 0 spiro atoms. The number of amides is 1. The van der Waals surface area contributed by atoms with Crippen LogP contribution in [0.2, 0.25) is 0 Å². The molecule has 0 aliphatic rings. The van der Waals surface area contributed by atoms with E-state index in [2.05, 4.69) is 25.4 Å². The second kappa shape index (κ2) is 5.75.